The van der Waals surface area contributed by atoms with E-state index in [0.717, 1.165) is 78.2 Å². The van der Waals surface area contributed by atoms with Gasteiger partial charge in [0.25, 0.3) is 0 Å². The average Bonchev–Trinajstić information content (AvgIpc) is 3.16. The predicted molar refractivity (Wildman–Crippen MR) is 151 cm³/mol. The fourth-order valence-corrected chi connectivity index (χ4v) is 5.99. The second kappa shape index (κ2) is 10.7. The molecule has 2 heterocycles. The molecule has 0 spiro atoms. The number of nitrogens with two attached hydrogens (primary N) is 2. The Balaban J connectivity index is 1.28. The Morgan fingerprint density at radius 3 is 2.38 bits per heavy atom. The van der Waals surface area contributed by atoms with E-state index in [9.17, 15) is 0 Å². The molecule has 0 amide bonds. The van der Waals surface area contributed by atoms with Crippen LogP contribution in [0.1, 0.15) is 70.3 Å². The maximum absolute atomic E-state index is 6.81. The van der Waals surface area contributed by atoms with Gasteiger partial charge in [0.1, 0.15) is 11.9 Å². The third kappa shape index (κ3) is 5.14. The maximum Gasteiger partial charge on any atom is 0.193 e. The lowest BCUT2D eigenvalue weighted by Crippen LogP contribution is -2.26. The van der Waals surface area contributed by atoms with Gasteiger partial charge in [-0.25, -0.2) is 4.99 Å². The van der Waals surface area contributed by atoms with Gasteiger partial charge in [-0.05, 0) is 56.4 Å². The number of rotatable bonds is 6. The minimum absolute atomic E-state index is 0.212. The Kier molecular flexibility index (Phi) is 6.96. The fraction of sp³-hybridized carbons (Fsp3) is 0.500. The molecule has 7 heteroatoms. The maximum atomic E-state index is 6.81. The van der Waals surface area contributed by atoms with Gasteiger partial charge in [0, 0.05) is 41.6 Å². The molecule has 2 saturated carbocycles. The van der Waals surface area contributed by atoms with Gasteiger partial charge < -0.3 is 30.8 Å². The highest BCUT2D eigenvalue weighted by molar-refractivity contribution is 6.02. The molecule has 6 rings (SSSR count). The molecule has 3 fully saturated rings. The van der Waals surface area contributed by atoms with Crippen molar-refractivity contribution >= 4 is 28.2 Å². The second-order valence-corrected chi connectivity index (χ2v) is 10.8. The summed E-state index contributed by atoms with van der Waals surface area (Å²) in [5, 5.41) is 4.37. The van der Waals surface area contributed by atoms with Crippen molar-refractivity contribution in [2.45, 2.75) is 82.4 Å². The van der Waals surface area contributed by atoms with E-state index in [-0.39, 0.29) is 6.10 Å². The van der Waals surface area contributed by atoms with Crippen molar-refractivity contribution in [1.82, 2.24) is 4.57 Å². The van der Waals surface area contributed by atoms with E-state index in [4.69, 9.17) is 25.9 Å². The van der Waals surface area contributed by atoms with Gasteiger partial charge in [-0.2, -0.15) is 0 Å². The lowest BCUT2D eigenvalue weighted by atomic mass is 9.92. The summed E-state index contributed by atoms with van der Waals surface area (Å²) in [6, 6.07) is 15.6. The van der Waals surface area contributed by atoms with E-state index >= 15 is 0 Å². The Bertz CT molecular complexity index is 1250. The smallest absolute Gasteiger partial charge is 0.193 e. The van der Waals surface area contributed by atoms with Gasteiger partial charge in [0.15, 0.2) is 5.96 Å². The first-order valence-corrected chi connectivity index (χ1v) is 14.0. The molecule has 0 radical (unpaired) electrons. The largest absolute Gasteiger partial charge is 0.490 e. The molecule has 3 aliphatic rings. The highest BCUT2D eigenvalue weighted by Gasteiger charge is 2.27. The molecule has 7 nitrogen and oxygen atoms in total. The molecule has 0 unspecified atom stereocenters. The topological polar surface area (TPSA) is 99.8 Å². The summed E-state index contributed by atoms with van der Waals surface area (Å²) in [6.45, 7) is 1.54. The number of hydrogen-bond donors (Lipinski definition) is 3. The normalized spacial score (nSPS) is 20.2. The summed E-state index contributed by atoms with van der Waals surface area (Å²) in [5.41, 5.74) is 18.2. The highest BCUT2D eigenvalue weighted by atomic mass is 16.5. The third-order valence-electron chi connectivity index (χ3n) is 8.25. The summed E-state index contributed by atoms with van der Waals surface area (Å²) in [6.07, 6.45) is 11.8. The van der Waals surface area contributed by atoms with Crippen LogP contribution in [0.15, 0.2) is 47.5 Å². The number of benzene rings is 2. The molecular formula is C30H39N5O2. The van der Waals surface area contributed by atoms with Crippen molar-refractivity contribution in [1.29, 1.82) is 0 Å². The van der Waals surface area contributed by atoms with Crippen LogP contribution in [0.4, 0.5) is 11.4 Å². The van der Waals surface area contributed by atoms with Crippen molar-refractivity contribution in [2.24, 2.45) is 10.7 Å². The second-order valence-electron chi connectivity index (χ2n) is 10.8. The van der Waals surface area contributed by atoms with E-state index < -0.39 is 0 Å². The molecule has 3 aromatic rings. The summed E-state index contributed by atoms with van der Waals surface area (Å²) >= 11 is 0. The first-order chi connectivity index (χ1) is 18.2. The Morgan fingerprint density at radius 2 is 1.68 bits per heavy atom. The number of nitrogens with zero attached hydrogens (tertiary/aromatic N) is 2. The SMILES string of the molecule is NC(=NC1CCCCC1)Nc1ccc(-c2c(N)c3ccc(OC4CCOCC4)cc3n2C2CCC2)cc1. The molecule has 5 N–H and O–H groups in total. The molecule has 0 bridgehead atoms. The number of aromatic nitrogens is 1. The first kappa shape index (κ1) is 24.2. The molecule has 1 aliphatic heterocycles. The third-order valence-corrected chi connectivity index (χ3v) is 8.25. The summed E-state index contributed by atoms with van der Waals surface area (Å²) in [5.74, 6) is 1.41. The van der Waals surface area contributed by atoms with Crippen LogP contribution in [-0.2, 0) is 4.74 Å². The van der Waals surface area contributed by atoms with E-state index in [1.54, 1.807) is 0 Å². The van der Waals surface area contributed by atoms with Crippen molar-refractivity contribution in [3.63, 3.8) is 0 Å². The number of ether oxygens (including phenoxy) is 2. The lowest BCUT2D eigenvalue weighted by Gasteiger charge is -2.30. The first-order valence-electron chi connectivity index (χ1n) is 14.0. The van der Waals surface area contributed by atoms with Gasteiger partial charge in [0.05, 0.1) is 36.2 Å². The van der Waals surface area contributed by atoms with Crippen molar-refractivity contribution in [3.05, 3.63) is 42.5 Å². The van der Waals surface area contributed by atoms with E-state index in [1.165, 1.54) is 38.5 Å². The number of hydrogen-bond acceptors (Lipinski definition) is 4. The van der Waals surface area contributed by atoms with E-state index in [1.807, 2.05) is 0 Å². The molecule has 1 saturated heterocycles. The number of anilines is 2. The van der Waals surface area contributed by atoms with Gasteiger partial charge >= 0.3 is 0 Å². The zero-order valence-electron chi connectivity index (χ0n) is 21.6. The standard InChI is InChI=1S/C30H39N5O2/c31-28-26-14-13-25(37-24-15-17-36-18-16-24)19-27(26)35(23-7-4-8-23)29(28)20-9-11-22(12-10-20)34-30(32)33-21-5-2-1-3-6-21/h9-14,19,21,23-24H,1-8,15-18,31H2,(H3,32,33,34). The quantitative estimate of drug-likeness (QED) is 0.274. The van der Waals surface area contributed by atoms with Gasteiger partial charge in [-0.3, -0.25) is 0 Å². The monoisotopic (exact) mass is 501 g/mol. The van der Waals surface area contributed by atoms with Gasteiger partial charge in [-0.15, -0.1) is 0 Å². The van der Waals surface area contributed by atoms with Crippen LogP contribution in [0.3, 0.4) is 0 Å². The van der Waals surface area contributed by atoms with Crippen LogP contribution in [0.2, 0.25) is 0 Å². The fourth-order valence-electron chi connectivity index (χ4n) is 5.99. The minimum Gasteiger partial charge on any atom is -0.490 e. The molecule has 2 aromatic carbocycles. The lowest BCUT2D eigenvalue weighted by molar-refractivity contribution is 0.0256. The molecule has 1 aromatic heterocycles. The van der Waals surface area contributed by atoms with E-state index in [0.29, 0.717) is 18.0 Å². The molecule has 0 atom stereocenters. The van der Waals surface area contributed by atoms with Crippen LogP contribution in [0.5, 0.6) is 5.75 Å². The Morgan fingerprint density at radius 1 is 0.919 bits per heavy atom. The highest BCUT2D eigenvalue weighted by Crippen LogP contribution is 2.45. The molecule has 196 valence electrons. The number of nitrogen functional groups attached to an aromatic ring is 1. The summed E-state index contributed by atoms with van der Waals surface area (Å²) < 4.78 is 14.3. The van der Waals surface area contributed by atoms with Crippen LogP contribution in [0, 0.1) is 0 Å². The van der Waals surface area contributed by atoms with E-state index in [2.05, 4.69) is 52.3 Å². The Labute approximate surface area is 219 Å². The van der Waals surface area contributed by atoms with Crippen molar-refractivity contribution < 1.29 is 9.47 Å². The number of fused-ring (bicyclic) bond motifs is 1. The zero-order chi connectivity index (χ0) is 25.2. The minimum atomic E-state index is 0.212. The van der Waals surface area contributed by atoms with Crippen LogP contribution in [-0.4, -0.2) is 35.9 Å². The molecule has 2 aliphatic carbocycles. The van der Waals surface area contributed by atoms with Crippen molar-refractivity contribution in [3.8, 4) is 17.0 Å². The molecule has 37 heavy (non-hydrogen) atoms. The van der Waals surface area contributed by atoms with Crippen LogP contribution in [0.25, 0.3) is 22.2 Å². The number of guanidine groups is 1. The summed E-state index contributed by atoms with van der Waals surface area (Å²) in [4.78, 5) is 4.70. The Hall–Kier alpha value is -3.19. The molecular weight excluding hydrogens is 462 g/mol. The van der Waals surface area contributed by atoms with Crippen LogP contribution >= 0.6 is 0 Å². The summed E-state index contributed by atoms with van der Waals surface area (Å²) in [7, 11) is 0. The van der Waals surface area contributed by atoms with Crippen LogP contribution < -0.4 is 21.5 Å². The van der Waals surface area contributed by atoms with Gasteiger partial charge in [-0.1, -0.05) is 31.4 Å². The number of aliphatic imine (C=N–C) groups is 1. The number of nitrogens with one attached hydrogen (secondary N) is 1. The van der Waals surface area contributed by atoms with Crippen molar-refractivity contribution in [2.75, 3.05) is 24.3 Å². The average molecular weight is 502 g/mol. The van der Waals surface area contributed by atoms with Gasteiger partial charge in [0.2, 0.25) is 0 Å². The zero-order valence-corrected chi connectivity index (χ0v) is 21.6. The predicted octanol–water partition coefficient (Wildman–Crippen LogP) is 6.23.